The second-order valence-electron chi connectivity index (χ2n) is 17.5. The van der Waals surface area contributed by atoms with Crippen LogP contribution in [0.3, 0.4) is 0 Å². The van der Waals surface area contributed by atoms with Crippen molar-refractivity contribution in [3.8, 4) is 22.8 Å². The van der Waals surface area contributed by atoms with Gasteiger partial charge in [-0.05, 0) is 107 Å². The fraction of sp³-hybridized carbons (Fsp3) is 0.388. The van der Waals surface area contributed by atoms with Crippen molar-refractivity contribution < 1.29 is 33.4 Å². The number of nitrogens with one attached hydrogen (secondary N) is 1. The molecule has 17 heteroatoms. The number of ether oxygens (including phenoxy) is 1. The smallest absolute Gasteiger partial charge is 0.247 e. The number of pyridine rings is 1. The first-order valence-corrected chi connectivity index (χ1v) is 22.6. The minimum atomic E-state index is -1.41. The second kappa shape index (κ2) is 20.7. The zero-order valence-corrected chi connectivity index (χ0v) is 39.2. The van der Waals surface area contributed by atoms with Gasteiger partial charge in [-0.3, -0.25) is 24.2 Å². The van der Waals surface area contributed by atoms with E-state index in [1.807, 2.05) is 54.9 Å². The van der Waals surface area contributed by atoms with Crippen LogP contribution in [0.1, 0.15) is 48.8 Å². The molecule has 2 bridgehead atoms. The van der Waals surface area contributed by atoms with Crippen molar-refractivity contribution in [2.45, 2.75) is 69.7 Å². The van der Waals surface area contributed by atoms with E-state index in [2.05, 4.69) is 15.3 Å². The van der Waals surface area contributed by atoms with Gasteiger partial charge in [-0.25, -0.2) is 9.37 Å². The fourth-order valence-corrected chi connectivity index (χ4v) is 9.23. The Balaban J connectivity index is 1.24. The molecule has 2 aliphatic heterocycles. The second-order valence-corrected chi connectivity index (χ2v) is 18.4. The van der Waals surface area contributed by atoms with Gasteiger partial charge in [0.05, 0.1) is 43.0 Å². The van der Waals surface area contributed by atoms with Gasteiger partial charge in [-0.1, -0.05) is 41.4 Å². The SMILES string of the molecule is C[C@H]1C(=O)N[C@@H](CO)C(=O)N(C)[C@@]2(Cc3ccc(Cl)cc3)CCCN(C2)C(=O)[C@H](Cc2ccccn2)CC(=O)N1Cc1c(F)cc(Cl)cc1Oc1ccc(-c2cnc(CN(C)C)n2C)cc1. The number of halogens is 3. The van der Waals surface area contributed by atoms with Crippen molar-refractivity contribution >= 4 is 46.8 Å². The highest BCUT2D eigenvalue weighted by atomic mass is 35.5. The summed E-state index contributed by atoms with van der Waals surface area (Å²) in [5.74, 6) is -2.83. The molecule has 4 heterocycles. The van der Waals surface area contributed by atoms with Crippen molar-refractivity contribution in [3.63, 3.8) is 0 Å². The summed E-state index contributed by atoms with van der Waals surface area (Å²) in [6.45, 7) is 1.36. The number of aliphatic hydroxyl groups excluding tert-OH is 1. The Kier molecular flexibility index (Phi) is 15.1. The molecule has 4 amide bonds. The number of amides is 4. The van der Waals surface area contributed by atoms with E-state index in [1.54, 1.807) is 66.8 Å². The van der Waals surface area contributed by atoms with Gasteiger partial charge in [0.25, 0.3) is 0 Å². The summed E-state index contributed by atoms with van der Waals surface area (Å²) in [6.07, 6.45) is 4.54. The number of rotatable bonds is 12. The molecule has 7 rings (SSSR count). The Labute approximate surface area is 394 Å². The molecule has 3 aromatic carbocycles. The number of aromatic nitrogens is 3. The third kappa shape index (κ3) is 10.9. The molecule has 2 N–H and O–H groups in total. The first kappa shape index (κ1) is 48.1. The lowest BCUT2D eigenvalue weighted by Crippen LogP contribution is -2.65. The molecule has 348 valence electrons. The molecule has 2 fully saturated rings. The van der Waals surface area contributed by atoms with Gasteiger partial charge in [0.15, 0.2) is 0 Å². The fourth-order valence-electron chi connectivity index (χ4n) is 8.91. The van der Waals surface area contributed by atoms with Crippen LogP contribution in [0.25, 0.3) is 11.3 Å². The van der Waals surface area contributed by atoms with E-state index in [0.717, 1.165) is 28.7 Å². The van der Waals surface area contributed by atoms with Crippen LogP contribution >= 0.6 is 23.2 Å². The zero-order valence-electron chi connectivity index (χ0n) is 37.7. The minimum Gasteiger partial charge on any atom is -0.457 e. The molecule has 0 unspecified atom stereocenters. The minimum absolute atomic E-state index is 0.00198. The molecule has 2 saturated heterocycles. The van der Waals surface area contributed by atoms with Crippen LogP contribution in [-0.2, 0) is 52.2 Å². The van der Waals surface area contributed by atoms with Gasteiger partial charge in [0.1, 0.15) is 35.2 Å². The van der Waals surface area contributed by atoms with E-state index in [9.17, 15) is 24.3 Å². The Morgan fingerprint density at radius 1 is 0.955 bits per heavy atom. The third-order valence-electron chi connectivity index (χ3n) is 12.6. The summed E-state index contributed by atoms with van der Waals surface area (Å²) in [6, 6.07) is 19.5. The van der Waals surface area contributed by atoms with Crippen molar-refractivity contribution in [3.05, 3.63) is 130 Å². The van der Waals surface area contributed by atoms with Gasteiger partial charge in [-0.15, -0.1) is 0 Å². The molecular formula is C49H55Cl2FN8O6. The highest BCUT2D eigenvalue weighted by Crippen LogP contribution is 2.36. The number of hydrogen-bond acceptors (Lipinski definition) is 9. The van der Waals surface area contributed by atoms with Crippen molar-refractivity contribution in [2.75, 3.05) is 40.8 Å². The number of likely N-dealkylation sites (N-methyl/N-ethyl adjacent to an activating group) is 1. The van der Waals surface area contributed by atoms with Gasteiger partial charge < -0.3 is 39.3 Å². The number of carbonyl (C=O) groups is 4. The highest BCUT2D eigenvalue weighted by molar-refractivity contribution is 6.31. The zero-order chi connectivity index (χ0) is 47.3. The maximum atomic E-state index is 16.3. The lowest BCUT2D eigenvalue weighted by Gasteiger charge is -2.50. The van der Waals surface area contributed by atoms with E-state index >= 15 is 4.39 Å². The van der Waals surface area contributed by atoms with E-state index in [1.165, 1.54) is 22.8 Å². The molecule has 0 aliphatic carbocycles. The molecule has 0 saturated carbocycles. The molecule has 66 heavy (non-hydrogen) atoms. The van der Waals surface area contributed by atoms with Gasteiger partial charge in [0, 0.05) is 73.1 Å². The Morgan fingerprint density at radius 2 is 1.70 bits per heavy atom. The summed E-state index contributed by atoms with van der Waals surface area (Å²) in [5, 5.41) is 13.9. The standard InChI is InChI=1S/C49H55Cl2FN8O6/c1-31-46(63)55-41(29-61)48(65)58(5)49(25-32-10-14-35(50)15-11-32)18-8-20-59(30-49)47(64)34(21-37-9-6-7-19-53-37)22-45(62)60(31)27-39-40(52)23-36(51)24-43(39)66-38-16-12-33(13-17-38)42-26-54-44(57(42)4)28-56(2)3/h6-7,9-17,19,23-24,26,31,34,41,61H,8,18,20-22,25,27-30H2,1-5H3,(H,55,63)/t31-,34+,41-,49+/m0/s1. The van der Waals surface area contributed by atoms with Crippen molar-refractivity contribution in [2.24, 2.45) is 13.0 Å². The van der Waals surface area contributed by atoms with Crippen LogP contribution in [0.4, 0.5) is 4.39 Å². The Hall–Kier alpha value is -5.87. The van der Waals surface area contributed by atoms with Crippen LogP contribution in [-0.4, -0.2) is 121 Å². The highest BCUT2D eigenvalue weighted by Gasteiger charge is 2.46. The van der Waals surface area contributed by atoms with Gasteiger partial charge >= 0.3 is 0 Å². The molecule has 14 nitrogen and oxygen atoms in total. The van der Waals surface area contributed by atoms with Crippen molar-refractivity contribution in [1.82, 2.24) is 39.5 Å². The van der Waals surface area contributed by atoms with E-state index < -0.39 is 60.2 Å². The maximum absolute atomic E-state index is 16.3. The number of carbonyl (C=O) groups excluding carboxylic acids is 4. The van der Waals surface area contributed by atoms with Crippen molar-refractivity contribution in [1.29, 1.82) is 0 Å². The van der Waals surface area contributed by atoms with Crippen LogP contribution in [0.5, 0.6) is 11.5 Å². The predicted octanol–water partition coefficient (Wildman–Crippen LogP) is 6.30. The average Bonchev–Trinajstić information content (AvgIpc) is 3.65. The Bertz CT molecular complexity index is 2540. The molecular weight excluding hydrogens is 886 g/mol. The van der Waals surface area contributed by atoms with Gasteiger partial charge in [-0.2, -0.15) is 0 Å². The van der Waals surface area contributed by atoms with E-state index in [4.69, 9.17) is 27.9 Å². The predicted molar refractivity (Wildman–Crippen MR) is 249 cm³/mol. The molecule has 2 aliphatic rings. The normalized spacial score (nSPS) is 21.0. The van der Waals surface area contributed by atoms with Gasteiger partial charge in [0.2, 0.25) is 23.6 Å². The number of benzene rings is 3. The quantitative estimate of drug-likeness (QED) is 0.147. The lowest BCUT2D eigenvalue weighted by atomic mass is 9.80. The Morgan fingerprint density at radius 3 is 2.38 bits per heavy atom. The average molecular weight is 942 g/mol. The molecule has 4 atom stereocenters. The van der Waals surface area contributed by atoms with Crippen LogP contribution in [0.2, 0.25) is 10.0 Å². The molecule has 0 spiro atoms. The molecule has 0 radical (unpaired) electrons. The summed E-state index contributed by atoms with van der Waals surface area (Å²) in [5.41, 5.74) is 2.17. The molecule has 2 aromatic heterocycles. The topological polar surface area (TPSA) is 153 Å². The number of nitrogens with zero attached hydrogens (tertiary/aromatic N) is 7. The van der Waals surface area contributed by atoms with E-state index in [0.29, 0.717) is 48.8 Å². The summed E-state index contributed by atoms with van der Waals surface area (Å²) < 4.78 is 24.6. The summed E-state index contributed by atoms with van der Waals surface area (Å²) >= 11 is 12.6. The van der Waals surface area contributed by atoms with E-state index in [-0.39, 0.29) is 41.6 Å². The summed E-state index contributed by atoms with van der Waals surface area (Å²) in [7, 11) is 7.50. The first-order valence-electron chi connectivity index (χ1n) is 21.9. The molecule has 5 aromatic rings. The number of hydrogen-bond donors (Lipinski definition) is 2. The third-order valence-corrected chi connectivity index (χ3v) is 13.1. The number of fused-ring (bicyclic) bond motifs is 2. The first-order chi connectivity index (χ1) is 31.5. The largest absolute Gasteiger partial charge is 0.457 e. The number of imidazole rings is 1. The van der Waals surface area contributed by atoms with Crippen LogP contribution in [0, 0.1) is 11.7 Å². The summed E-state index contributed by atoms with van der Waals surface area (Å²) in [4.78, 5) is 74.1. The lowest BCUT2D eigenvalue weighted by molar-refractivity contribution is -0.152. The number of piperidine rings is 1. The maximum Gasteiger partial charge on any atom is 0.247 e. The monoisotopic (exact) mass is 940 g/mol. The van der Waals surface area contributed by atoms with Crippen LogP contribution in [0.15, 0.2) is 91.3 Å². The number of aliphatic hydroxyl groups is 1. The van der Waals surface area contributed by atoms with Crippen LogP contribution < -0.4 is 10.1 Å².